The quantitative estimate of drug-likeness (QED) is 0.530. The van der Waals surface area contributed by atoms with E-state index in [2.05, 4.69) is 43.8 Å². The standard InChI is InChI=1S/C24H27N7O/c1-29-6-8-30(9-7-29)13-16-14-31(15-16)23-12-26-19-4-2-17(10-20(19)27-23)18-3-5-22-21(11-18)28-24(25)32-22/h2-5,10-12,16H,6-9,13-15H2,1H3,(H2,25,28). The van der Waals surface area contributed by atoms with Crippen LogP contribution in [0.5, 0.6) is 0 Å². The van der Waals surface area contributed by atoms with Gasteiger partial charge < -0.3 is 24.9 Å². The molecule has 0 spiro atoms. The second kappa shape index (κ2) is 7.72. The molecule has 0 unspecified atom stereocenters. The molecule has 2 N–H and O–H groups in total. The van der Waals surface area contributed by atoms with Crippen LogP contribution in [0.2, 0.25) is 0 Å². The van der Waals surface area contributed by atoms with E-state index in [1.54, 1.807) is 0 Å². The summed E-state index contributed by atoms with van der Waals surface area (Å²) in [6.07, 6.45) is 1.90. The van der Waals surface area contributed by atoms with Crippen LogP contribution >= 0.6 is 0 Å². The number of likely N-dealkylation sites (N-methyl/N-ethyl adjacent to an activating group) is 1. The van der Waals surface area contributed by atoms with Gasteiger partial charge in [0.2, 0.25) is 0 Å². The molecular weight excluding hydrogens is 402 g/mol. The van der Waals surface area contributed by atoms with Gasteiger partial charge in [0.15, 0.2) is 5.58 Å². The monoisotopic (exact) mass is 429 g/mol. The van der Waals surface area contributed by atoms with Crippen LogP contribution in [-0.2, 0) is 0 Å². The first-order valence-electron chi connectivity index (χ1n) is 11.2. The number of benzene rings is 2. The Morgan fingerprint density at radius 3 is 2.50 bits per heavy atom. The molecule has 164 valence electrons. The van der Waals surface area contributed by atoms with Crippen LogP contribution < -0.4 is 10.6 Å². The number of nitrogens with two attached hydrogens (primary N) is 1. The lowest BCUT2D eigenvalue weighted by atomic mass is 9.99. The van der Waals surface area contributed by atoms with E-state index in [1.807, 2.05) is 30.5 Å². The molecule has 0 atom stereocenters. The number of hydrogen-bond acceptors (Lipinski definition) is 8. The average molecular weight is 430 g/mol. The maximum atomic E-state index is 5.68. The Morgan fingerprint density at radius 1 is 0.938 bits per heavy atom. The van der Waals surface area contributed by atoms with Crippen LogP contribution in [0.15, 0.2) is 47.0 Å². The summed E-state index contributed by atoms with van der Waals surface area (Å²) in [5.41, 5.74) is 11.1. The minimum atomic E-state index is 0.187. The Hall–Kier alpha value is -3.23. The fourth-order valence-corrected chi connectivity index (χ4v) is 4.73. The zero-order chi connectivity index (χ0) is 21.7. The number of nitrogens with zero attached hydrogens (tertiary/aromatic N) is 6. The lowest BCUT2D eigenvalue weighted by Crippen LogP contribution is -2.54. The van der Waals surface area contributed by atoms with E-state index < -0.39 is 0 Å². The number of piperazine rings is 1. The molecule has 4 aromatic rings. The van der Waals surface area contributed by atoms with Gasteiger partial charge in [0.25, 0.3) is 6.01 Å². The van der Waals surface area contributed by atoms with Crippen molar-refractivity contribution in [2.45, 2.75) is 0 Å². The Morgan fingerprint density at radius 2 is 1.69 bits per heavy atom. The molecule has 2 saturated heterocycles. The van der Waals surface area contributed by atoms with Crippen molar-refractivity contribution in [3.05, 3.63) is 42.6 Å². The van der Waals surface area contributed by atoms with E-state index in [4.69, 9.17) is 15.1 Å². The highest BCUT2D eigenvalue weighted by Crippen LogP contribution is 2.29. The van der Waals surface area contributed by atoms with Gasteiger partial charge in [-0.15, -0.1) is 0 Å². The summed E-state index contributed by atoms with van der Waals surface area (Å²) in [6, 6.07) is 12.3. The van der Waals surface area contributed by atoms with Gasteiger partial charge in [0.1, 0.15) is 11.3 Å². The summed E-state index contributed by atoms with van der Waals surface area (Å²) in [4.78, 5) is 21.2. The highest BCUT2D eigenvalue weighted by atomic mass is 16.4. The summed E-state index contributed by atoms with van der Waals surface area (Å²) >= 11 is 0. The molecule has 0 bridgehead atoms. The lowest BCUT2D eigenvalue weighted by molar-refractivity contribution is 0.128. The van der Waals surface area contributed by atoms with Crippen molar-refractivity contribution >= 4 is 34.0 Å². The van der Waals surface area contributed by atoms with Gasteiger partial charge in [-0.25, -0.2) is 4.98 Å². The summed E-state index contributed by atoms with van der Waals surface area (Å²) in [6.45, 7) is 7.99. The number of anilines is 2. The average Bonchev–Trinajstić information content (AvgIpc) is 3.15. The third-order valence-electron chi connectivity index (χ3n) is 6.66. The van der Waals surface area contributed by atoms with Crippen LogP contribution in [0.25, 0.3) is 33.3 Å². The number of nitrogen functional groups attached to an aromatic ring is 1. The van der Waals surface area contributed by atoms with Crippen molar-refractivity contribution in [2.75, 3.05) is 63.5 Å². The predicted molar refractivity (Wildman–Crippen MR) is 127 cm³/mol. The molecule has 6 rings (SSSR count). The first kappa shape index (κ1) is 19.5. The molecule has 0 saturated carbocycles. The maximum Gasteiger partial charge on any atom is 0.292 e. The first-order chi connectivity index (χ1) is 15.6. The van der Waals surface area contributed by atoms with Crippen molar-refractivity contribution in [2.24, 2.45) is 5.92 Å². The van der Waals surface area contributed by atoms with Crippen LogP contribution in [0, 0.1) is 5.92 Å². The molecule has 0 aliphatic carbocycles. The van der Waals surface area contributed by atoms with Crippen molar-refractivity contribution < 1.29 is 4.42 Å². The molecule has 2 aliphatic heterocycles. The van der Waals surface area contributed by atoms with Gasteiger partial charge in [0.05, 0.1) is 17.2 Å². The highest BCUT2D eigenvalue weighted by molar-refractivity contribution is 5.86. The molecule has 8 heteroatoms. The molecule has 32 heavy (non-hydrogen) atoms. The largest absolute Gasteiger partial charge is 0.424 e. The minimum Gasteiger partial charge on any atom is -0.424 e. The second-order valence-corrected chi connectivity index (χ2v) is 9.04. The van der Waals surface area contributed by atoms with E-state index in [0.29, 0.717) is 11.5 Å². The van der Waals surface area contributed by atoms with Gasteiger partial charge in [-0.3, -0.25) is 4.98 Å². The second-order valence-electron chi connectivity index (χ2n) is 9.04. The number of rotatable bonds is 4. The smallest absolute Gasteiger partial charge is 0.292 e. The third-order valence-corrected chi connectivity index (χ3v) is 6.66. The van der Waals surface area contributed by atoms with E-state index in [-0.39, 0.29) is 6.01 Å². The van der Waals surface area contributed by atoms with E-state index in [9.17, 15) is 0 Å². The maximum absolute atomic E-state index is 5.68. The Kier molecular flexibility index (Phi) is 4.69. The van der Waals surface area contributed by atoms with Gasteiger partial charge in [0, 0.05) is 51.7 Å². The highest BCUT2D eigenvalue weighted by Gasteiger charge is 2.30. The van der Waals surface area contributed by atoms with Crippen molar-refractivity contribution in [3.63, 3.8) is 0 Å². The SMILES string of the molecule is CN1CCN(CC2CN(c3cnc4ccc(-c5ccc6oc(N)nc6c5)cc4n3)C2)CC1. The summed E-state index contributed by atoms with van der Waals surface area (Å²) in [7, 11) is 2.20. The van der Waals surface area contributed by atoms with E-state index in [1.165, 1.54) is 32.7 Å². The zero-order valence-electron chi connectivity index (χ0n) is 18.2. The van der Waals surface area contributed by atoms with Gasteiger partial charge in [-0.2, -0.15) is 4.98 Å². The number of fused-ring (bicyclic) bond motifs is 2. The van der Waals surface area contributed by atoms with Gasteiger partial charge in [-0.05, 0) is 42.4 Å². The molecule has 2 aromatic carbocycles. The normalized spacial score (nSPS) is 18.5. The van der Waals surface area contributed by atoms with Crippen molar-refractivity contribution in [1.29, 1.82) is 0 Å². The summed E-state index contributed by atoms with van der Waals surface area (Å²) < 4.78 is 5.38. The molecular formula is C24H27N7O. The van der Waals surface area contributed by atoms with Crippen LogP contribution in [0.3, 0.4) is 0 Å². The topological polar surface area (TPSA) is 87.5 Å². The predicted octanol–water partition coefficient (Wildman–Crippen LogP) is 2.70. The zero-order valence-corrected chi connectivity index (χ0v) is 18.2. The molecule has 2 aliphatic rings. The molecule has 2 fully saturated rings. The number of hydrogen-bond donors (Lipinski definition) is 1. The molecule has 2 aromatic heterocycles. The first-order valence-corrected chi connectivity index (χ1v) is 11.2. The fourth-order valence-electron chi connectivity index (χ4n) is 4.73. The molecule has 8 nitrogen and oxygen atoms in total. The van der Waals surface area contributed by atoms with Crippen molar-refractivity contribution in [1.82, 2.24) is 24.8 Å². The van der Waals surface area contributed by atoms with E-state index in [0.717, 1.165) is 46.6 Å². The van der Waals surface area contributed by atoms with Crippen molar-refractivity contribution in [3.8, 4) is 11.1 Å². The third kappa shape index (κ3) is 3.65. The van der Waals surface area contributed by atoms with Gasteiger partial charge in [-0.1, -0.05) is 12.1 Å². The van der Waals surface area contributed by atoms with Crippen LogP contribution in [0.4, 0.5) is 11.8 Å². The Labute approximate surface area is 186 Å². The van der Waals surface area contributed by atoms with E-state index >= 15 is 0 Å². The number of oxazole rings is 1. The lowest BCUT2D eigenvalue weighted by Gasteiger charge is -2.43. The Bertz CT molecular complexity index is 1270. The molecule has 4 heterocycles. The van der Waals surface area contributed by atoms with Gasteiger partial charge >= 0.3 is 0 Å². The molecule has 0 radical (unpaired) electrons. The fraction of sp³-hybridized carbons (Fsp3) is 0.375. The van der Waals surface area contributed by atoms with Crippen LogP contribution in [0.1, 0.15) is 0 Å². The molecule has 0 amide bonds. The minimum absolute atomic E-state index is 0.187. The summed E-state index contributed by atoms with van der Waals surface area (Å²) in [5.74, 6) is 1.67. The summed E-state index contributed by atoms with van der Waals surface area (Å²) in [5, 5.41) is 0. The van der Waals surface area contributed by atoms with Crippen LogP contribution in [-0.4, -0.2) is 77.6 Å². The Balaban J connectivity index is 1.18. The number of aromatic nitrogens is 3.